The molecule has 0 aliphatic rings. The van der Waals surface area contributed by atoms with Crippen LogP contribution in [0.15, 0.2) is 43.0 Å². The van der Waals surface area contributed by atoms with E-state index in [1.807, 2.05) is 0 Å². The number of esters is 2. The average molecular weight is 206 g/mol. The van der Waals surface area contributed by atoms with Crippen LogP contribution in [0.1, 0.15) is 10.4 Å². The van der Waals surface area contributed by atoms with Crippen LogP contribution in [0.5, 0.6) is 0 Å². The van der Waals surface area contributed by atoms with E-state index in [4.69, 9.17) is 0 Å². The smallest absolute Gasteiger partial charge is 0.340 e. The predicted molar refractivity (Wildman–Crippen MR) is 53.0 cm³/mol. The maximum atomic E-state index is 11.3. The minimum Gasteiger partial charge on any atom is -0.425 e. The number of hydrogen-bond donors (Lipinski definition) is 0. The minimum absolute atomic E-state index is 0.404. The first kappa shape index (κ1) is 11.0. The van der Waals surface area contributed by atoms with Crippen LogP contribution in [-0.2, 0) is 14.3 Å². The molecule has 0 saturated carbocycles. The van der Waals surface area contributed by atoms with Crippen molar-refractivity contribution in [2.45, 2.75) is 0 Å². The highest BCUT2D eigenvalue weighted by Crippen LogP contribution is 2.00. The van der Waals surface area contributed by atoms with Gasteiger partial charge >= 0.3 is 11.9 Å². The van der Waals surface area contributed by atoms with Gasteiger partial charge < -0.3 is 9.47 Å². The van der Waals surface area contributed by atoms with Gasteiger partial charge in [-0.2, -0.15) is 0 Å². The number of hydrogen-bond acceptors (Lipinski definition) is 4. The van der Waals surface area contributed by atoms with Crippen LogP contribution in [0.3, 0.4) is 0 Å². The van der Waals surface area contributed by atoms with Gasteiger partial charge in [0.05, 0.1) is 5.56 Å². The van der Waals surface area contributed by atoms with E-state index in [0.29, 0.717) is 5.56 Å². The maximum absolute atomic E-state index is 11.3. The molecule has 0 saturated heterocycles. The molecule has 78 valence electrons. The normalized spacial score (nSPS) is 9.07. The summed E-state index contributed by atoms with van der Waals surface area (Å²) in [7, 11) is 0. The van der Waals surface area contributed by atoms with Crippen molar-refractivity contribution in [3.8, 4) is 0 Å². The Hall–Kier alpha value is -2.10. The van der Waals surface area contributed by atoms with Gasteiger partial charge in [0.15, 0.2) is 0 Å². The largest absolute Gasteiger partial charge is 0.425 e. The Kier molecular flexibility index (Phi) is 4.09. The van der Waals surface area contributed by atoms with E-state index in [2.05, 4.69) is 16.1 Å². The molecule has 1 aromatic carbocycles. The number of carbonyl (C=O) groups is 2. The summed E-state index contributed by atoms with van der Waals surface area (Å²) in [6.45, 7) is 2.80. The first-order valence-electron chi connectivity index (χ1n) is 4.25. The van der Waals surface area contributed by atoms with Crippen molar-refractivity contribution in [2.75, 3.05) is 6.79 Å². The summed E-state index contributed by atoms with van der Waals surface area (Å²) in [6, 6.07) is 8.43. The second-order valence-corrected chi connectivity index (χ2v) is 2.58. The minimum atomic E-state index is -0.629. The first-order chi connectivity index (χ1) is 7.24. The second kappa shape index (κ2) is 5.59. The fraction of sp³-hybridized carbons (Fsp3) is 0.0909. The molecular formula is C11H10O4. The van der Waals surface area contributed by atoms with Gasteiger partial charge in [-0.25, -0.2) is 9.59 Å². The molecule has 15 heavy (non-hydrogen) atoms. The average Bonchev–Trinajstić information content (AvgIpc) is 2.29. The fourth-order valence-corrected chi connectivity index (χ4v) is 0.858. The van der Waals surface area contributed by atoms with Crippen molar-refractivity contribution in [3.63, 3.8) is 0 Å². The van der Waals surface area contributed by atoms with E-state index in [-0.39, 0.29) is 0 Å². The molecule has 0 amide bonds. The molecule has 4 nitrogen and oxygen atoms in total. The summed E-state index contributed by atoms with van der Waals surface area (Å²) < 4.78 is 9.15. The van der Waals surface area contributed by atoms with E-state index >= 15 is 0 Å². The van der Waals surface area contributed by atoms with E-state index in [9.17, 15) is 9.59 Å². The quantitative estimate of drug-likeness (QED) is 0.426. The Morgan fingerprint density at radius 3 is 2.47 bits per heavy atom. The van der Waals surface area contributed by atoms with Crippen LogP contribution in [0.4, 0.5) is 0 Å². The molecule has 0 aromatic heterocycles. The van der Waals surface area contributed by atoms with Crippen molar-refractivity contribution >= 4 is 11.9 Å². The zero-order valence-corrected chi connectivity index (χ0v) is 8.01. The van der Waals surface area contributed by atoms with Crippen LogP contribution < -0.4 is 0 Å². The van der Waals surface area contributed by atoms with Crippen LogP contribution in [-0.4, -0.2) is 18.7 Å². The lowest BCUT2D eigenvalue weighted by molar-refractivity contribution is -0.146. The number of benzene rings is 1. The summed E-state index contributed by atoms with van der Waals surface area (Å²) in [5.74, 6) is -1.16. The Morgan fingerprint density at radius 2 is 1.87 bits per heavy atom. The van der Waals surface area contributed by atoms with Crippen molar-refractivity contribution in [2.24, 2.45) is 0 Å². The van der Waals surface area contributed by atoms with Crippen LogP contribution in [0.2, 0.25) is 0 Å². The van der Waals surface area contributed by atoms with Gasteiger partial charge in [-0.3, -0.25) is 0 Å². The third-order valence-corrected chi connectivity index (χ3v) is 1.57. The third-order valence-electron chi connectivity index (χ3n) is 1.57. The highest BCUT2D eigenvalue weighted by Gasteiger charge is 2.06. The zero-order chi connectivity index (χ0) is 11.1. The molecule has 0 radical (unpaired) electrons. The highest BCUT2D eigenvalue weighted by atomic mass is 16.7. The van der Waals surface area contributed by atoms with Crippen LogP contribution in [0, 0.1) is 0 Å². The van der Waals surface area contributed by atoms with Crippen molar-refractivity contribution in [3.05, 3.63) is 48.6 Å². The highest BCUT2D eigenvalue weighted by molar-refractivity contribution is 5.89. The summed E-state index contributed by atoms with van der Waals surface area (Å²) in [5, 5.41) is 0. The molecule has 0 N–H and O–H groups in total. The van der Waals surface area contributed by atoms with Gasteiger partial charge in [0.2, 0.25) is 6.79 Å². The standard InChI is InChI=1S/C11H10O4/c1-2-10(12)14-8-15-11(13)9-6-4-3-5-7-9/h2-7H,1,8H2. The molecule has 4 heteroatoms. The molecule has 0 aliphatic heterocycles. The molecule has 0 fully saturated rings. The van der Waals surface area contributed by atoms with Crippen molar-refractivity contribution in [1.29, 1.82) is 0 Å². The molecule has 0 spiro atoms. The van der Waals surface area contributed by atoms with Gasteiger partial charge in [-0.05, 0) is 12.1 Å². The molecule has 0 aliphatic carbocycles. The fourth-order valence-electron chi connectivity index (χ4n) is 0.858. The molecule has 0 atom stereocenters. The third kappa shape index (κ3) is 3.64. The van der Waals surface area contributed by atoms with Gasteiger partial charge in [0.25, 0.3) is 0 Å². The Morgan fingerprint density at radius 1 is 1.20 bits per heavy atom. The lowest BCUT2D eigenvalue weighted by Gasteiger charge is -2.03. The summed E-state index contributed by atoms with van der Waals surface area (Å²) in [6.07, 6.45) is 0.996. The molecule has 0 bridgehead atoms. The lowest BCUT2D eigenvalue weighted by Crippen LogP contribution is -2.11. The van der Waals surface area contributed by atoms with Gasteiger partial charge in [0, 0.05) is 6.08 Å². The number of rotatable bonds is 4. The van der Waals surface area contributed by atoms with Gasteiger partial charge in [0.1, 0.15) is 0 Å². The topological polar surface area (TPSA) is 52.6 Å². The first-order valence-corrected chi connectivity index (χ1v) is 4.25. The number of carbonyl (C=O) groups excluding carboxylic acids is 2. The Balaban J connectivity index is 2.37. The Labute approximate surface area is 87.1 Å². The molecule has 1 rings (SSSR count). The van der Waals surface area contributed by atoms with E-state index in [1.165, 1.54) is 0 Å². The van der Waals surface area contributed by atoms with Crippen LogP contribution >= 0.6 is 0 Å². The predicted octanol–water partition coefficient (Wildman–Crippen LogP) is 1.53. The van der Waals surface area contributed by atoms with Crippen molar-refractivity contribution < 1.29 is 19.1 Å². The molecule has 0 unspecified atom stereocenters. The van der Waals surface area contributed by atoms with Crippen molar-refractivity contribution in [1.82, 2.24) is 0 Å². The van der Waals surface area contributed by atoms with E-state index < -0.39 is 18.7 Å². The monoisotopic (exact) mass is 206 g/mol. The SMILES string of the molecule is C=CC(=O)OCOC(=O)c1ccccc1. The lowest BCUT2D eigenvalue weighted by atomic mass is 10.2. The maximum Gasteiger partial charge on any atom is 0.340 e. The summed E-state index contributed by atoms with van der Waals surface area (Å²) in [4.78, 5) is 21.9. The molecule has 0 heterocycles. The Bertz CT molecular complexity index is 356. The zero-order valence-electron chi connectivity index (χ0n) is 8.01. The number of ether oxygens (including phenoxy) is 2. The molecule has 1 aromatic rings. The second-order valence-electron chi connectivity index (χ2n) is 2.58. The summed E-state index contributed by atoms with van der Waals surface area (Å²) in [5.41, 5.74) is 0.409. The van der Waals surface area contributed by atoms with Gasteiger partial charge in [-0.15, -0.1) is 0 Å². The summed E-state index contributed by atoms with van der Waals surface area (Å²) >= 11 is 0. The molecular weight excluding hydrogens is 196 g/mol. The van der Waals surface area contributed by atoms with E-state index in [0.717, 1.165) is 6.08 Å². The van der Waals surface area contributed by atoms with Crippen LogP contribution in [0.25, 0.3) is 0 Å². The van der Waals surface area contributed by atoms with Gasteiger partial charge in [-0.1, -0.05) is 24.8 Å². The van der Waals surface area contributed by atoms with E-state index in [1.54, 1.807) is 30.3 Å².